The van der Waals surface area contributed by atoms with Gasteiger partial charge in [0.2, 0.25) is 0 Å². The lowest BCUT2D eigenvalue weighted by atomic mass is 10.2. The van der Waals surface area contributed by atoms with Crippen LogP contribution in [0.25, 0.3) is 10.2 Å². The lowest BCUT2D eigenvalue weighted by Crippen LogP contribution is -1.88. The minimum atomic E-state index is 0.668. The molecule has 0 fully saturated rings. The predicted octanol–water partition coefficient (Wildman–Crippen LogP) is 4.03. The number of nitrogens with zero attached hydrogens (tertiary/aromatic N) is 1. The summed E-state index contributed by atoms with van der Waals surface area (Å²) in [5.41, 5.74) is 1.77. The van der Waals surface area contributed by atoms with E-state index in [1.54, 1.807) is 18.4 Å². The zero-order valence-corrected chi connectivity index (χ0v) is 10.8. The van der Waals surface area contributed by atoms with Crippen molar-refractivity contribution in [3.63, 3.8) is 0 Å². The number of fused-ring (bicyclic) bond motifs is 1. The maximum Gasteiger partial charge on any atom is 0.160 e. The van der Waals surface area contributed by atoms with Crippen LogP contribution < -0.4 is 4.74 Å². The average molecular weight is 293 g/mol. The second-order valence-corrected chi connectivity index (χ2v) is 5.52. The topological polar surface area (TPSA) is 22.1 Å². The van der Waals surface area contributed by atoms with Gasteiger partial charge in [-0.25, -0.2) is 4.98 Å². The Balaban J connectivity index is 2.84. The van der Waals surface area contributed by atoms with Gasteiger partial charge in [0.1, 0.15) is 11.3 Å². The van der Waals surface area contributed by atoms with Crippen LogP contribution in [0.2, 0.25) is 5.02 Å². The molecule has 0 aliphatic rings. The van der Waals surface area contributed by atoms with E-state index in [4.69, 9.17) is 16.3 Å². The van der Waals surface area contributed by atoms with Crippen LogP contribution in [0.5, 0.6) is 5.75 Å². The van der Waals surface area contributed by atoms with Crippen LogP contribution in [0.1, 0.15) is 5.56 Å². The van der Waals surface area contributed by atoms with E-state index in [-0.39, 0.29) is 0 Å². The third-order valence-corrected chi connectivity index (χ3v) is 3.93. The van der Waals surface area contributed by atoms with Crippen molar-refractivity contribution in [2.45, 2.75) is 6.92 Å². The highest BCUT2D eigenvalue weighted by molar-refractivity contribution is 9.11. The van der Waals surface area contributed by atoms with Gasteiger partial charge in [-0.2, -0.15) is 0 Å². The molecule has 14 heavy (non-hydrogen) atoms. The molecular weight excluding hydrogens is 286 g/mol. The Hall–Kier alpha value is -0.320. The molecule has 1 aromatic heterocycles. The molecule has 0 aliphatic carbocycles. The van der Waals surface area contributed by atoms with Gasteiger partial charge in [-0.1, -0.05) is 11.6 Å². The molecule has 0 unspecified atom stereocenters. The maximum atomic E-state index is 6.17. The quantitative estimate of drug-likeness (QED) is 0.792. The summed E-state index contributed by atoms with van der Waals surface area (Å²) in [6.07, 6.45) is 0. The highest BCUT2D eigenvalue weighted by atomic mass is 79.9. The third-order valence-electron chi connectivity index (χ3n) is 2.02. The Morgan fingerprint density at radius 3 is 2.93 bits per heavy atom. The molecule has 0 radical (unpaired) electrons. The summed E-state index contributed by atoms with van der Waals surface area (Å²) in [4.78, 5) is 4.30. The van der Waals surface area contributed by atoms with Crippen LogP contribution in [0.3, 0.4) is 0 Å². The fourth-order valence-electron chi connectivity index (χ4n) is 1.29. The molecule has 2 aromatic rings. The van der Waals surface area contributed by atoms with Crippen molar-refractivity contribution in [2.75, 3.05) is 7.11 Å². The van der Waals surface area contributed by atoms with Gasteiger partial charge in [-0.3, -0.25) is 0 Å². The molecule has 0 bridgehead atoms. The zero-order chi connectivity index (χ0) is 10.3. The number of methoxy groups -OCH3 is 1. The summed E-state index contributed by atoms with van der Waals surface area (Å²) in [5.74, 6) is 0.804. The number of halogens is 2. The van der Waals surface area contributed by atoms with Gasteiger partial charge in [0.05, 0.1) is 16.8 Å². The molecule has 0 amide bonds. The van der Waals surface area contributed by atoms with E-state index in [9.17, 15) is 0 Å². The van der Waals surface area contributed by atoms with Gasteiger partial charge >= 0.3 is 0 Å². The monoisotopic (exact) mass is 291 g/mol. The van der Waals surface area contributed by atoms with Crippen molar-refractivity contribution in [1.29, 1.82) is 0 Å². The minimum Gasteiger partial charge on any atom is -0.496 e. The Labute approximate surface area is 99.0 Å². The predicted molar refractivity (Wildman–Crippen MR) is 63.6 cm³/mol. The standard InChI is InChI=1S/C9H7BrClNOS/c1-4-5(13-2)3-6-8(7(4)11)12-9(10)14-6/h3H,1-2H3. The van der Waals surface area contributed by atoms with E-state index in [0.29, 0.717) is 5.02 Å². The van der Waals surface area contributed by atoms with Crippen molar-refractivity contribution >= 4 is 49.1 Å². The van der Waals surface area contributed by atoms with Crippen LogP contribution in [-0.4, -0.2) is 12.1 Å². The number of thiazole rings is 1. The highest BCUT2D eigenvalue weighted by Crippen LogP contribution is 2.37. The molecule has 74 valence electrons. The van der Waals surface area contributed by atoms with Crippen LogP contribution >= 0.6 is 38.9 Å². The number of aromatic nitrogens is 1. The SMILES string of the molecule is COc1cc2sc(Br)nc2c(Cl)c1C. The number of ether oxygens (including phenoxy) is 1. The Morgan fingerprint density at radius 1 is 1.57 bits per heavy atom. The third kappa shape index (κ3) is 1.51. The Bertz CT molecular complexity index is 497. The first-order valence-electron chi connectivity index (χ1n) is 3.92. The van der Waals surface area contributed by atoms with Crippen molar-refractivity contribution < 1.29 is 4.74 Å². The summed E-state index contributed by atoms with van der Waals surface area (Å²) >= 11 is 11.1. The first kappa shape index (κ1) is 10.2. The largest absolute Gasteiger partial charge is 0.496 e. The summed E-state index contributed by atoms with van der Waals surface area (Å²) in [6.45, 7) is 1.92. The summed E-state index contributed by atoms with van der Waals surface area (Å²) < 4.78 is 7.09. The van der Waals surface area contributed by atoms with Crippen molar-refractivity contribution in [3.8, 4) is 5.75 Å². The molecule has 0 atom stereocenters. The molecule has 2 nitrogen and oxygen atoms in total. The number of benzene rings is 1. The highest BCUT2D eigenvalue weighted by Gasteiger charge is 2.12. The normalized spacial score (nSPS) is 10.9. The Morgan fingerprint density at radius 2 is 2.29 bits per heavy atom. The second-order valence-electron chi connectivity index (χ2n) is 2.83. The van der Waals surface area contributed by atoms with Gasteiger partial charge in [0.15, 0.2) is 3.92 Å². The van der Waals surface area contributed by atoms with E-state index in [1.807, 2.05) is 13.0 Å². The molecular formula is C9H7BrClNOS. The number of hydrogen-bond acceptors (Lipinski definition) is 3. The first-order chi connectivity index (χ1) is 6.63. The summed E-state index contributed by atoms with van der Waals surface area (Å²) in [5, 5.41) is 0.668. The van der Waals surface area contributed by atoms with Crippen molar-refractivity contribution in [3.05, 3.63) is 20.6 Å². The first-order valence-corrected chi connectivity index (χ1v) is 5.91. The smallest absolute Gasteiger partial charge is 0.160 e. The summed E-state index contributed by atoms with van der Waals surface area (Å²) in [7, 11) is 1.64. The van der Waals surface area contributed by atoms with Crippen LogP contribution in [0, 0.1) is 6.92 Å². The van der Waals surface area contributed by atoms with Gasteiger partial charge in [0.25, 0.3) is 0 Å². The van der Waals surface area contributed by atoms with Crippen LogP contribution in [0.15, 0.2) is 9.98 Å². The molecule has 2 rings (SSSR count). The maximum absolute atomic E-state index is 6.17. The fourth-order valence-corrected chi connectivity index (χ4v) is 3.01. The molecule has 0 spiro atoms. The number of rotatable bonds is 1. The molecule has 1 aromatic carbocycles. The molecule has 5 heteroatoms. The lowest BCUT2D eigenvalue weighted by Gasteiger charge is -2.05. The van der Waals surface area contributed by atoms with Crippen LogP contribution in [-0.2, 0) is 0 Å². The Kier molecular flexibility index (Phi) is 2.68. The number of hydrogen-bond donors (Lipinski definition) is 0. The molecule has 0 saturated carbocycles. The minimum absolute atomic E-state index is 0.668. The van der Waals surface area contributed by atoms with Crippen LogP contribution in [0.4, 0.5) is 0 Å². The molecule has 0 N–H and O–H groups in total. The van der Waals surface area contributed by atoms with E-state index in [1.165, 1.54) is 0 Å². The van der Waals surface area contributed by atoms with E-state index in [2.05, 4.69) is 20.9 Å². The van der Waals surface area contributed by atoms with Gasteiger partial charge < -0.3 is 4.74 Å². The van der Waals surface area contributed by atoms with E-state index in [0.717, 1.165) is 25.4 Å². The van der Waals surface area contributed by atoms with Gasteiger partial charge in [-0.05, 0) is 28.9 Å². The van der Waals surface area contributed by atoms with E-state index < -0.39 is 0 Å². The van der Waals surface area contributed by atoms with Gasteiger partial charge in [0, 0.05) is 5.56 Å². The summed E-state index contributed by atoms with van der Waals surface area (Å²) in [6, 6.07) is 1.96. The molecule has 0 saturated heterocycles. The lowest BCUT2D eigenvalue weighted by molar-refractivity contribution is 0.412. The molecule has 1 heterocycles. The van der Waals surface area contributed by atoms with Crippen molar-refractivity contribution in [2.24, 2.45) is 0 Å². The molecule has 0 aliphatic heterocycles. The van der Waals surface area contributed by atoms with Crippen molar-refractivity contribution in [1.82, 2.24) is 4.98 Å². The zero-order valence-electron chi connectivity index (χ0n) is 7.60. The average Bonchev–Trinajstić information content (AvgIpc) is 2.52. The second kappa shape index (κ2) is 3.68. The fraction of sp³-hybridized carbons (Fsp3) is 0.222. The van der Waals surface area contributed by atoms with E-state index >= 15 is 0 Å². The van der Waals surface area contributed by atoms with Gasteiger partial charge in [-0.15, -0.1) is 11.3 Å².